The zero-order valence-electron chi connectivity index (χ0n) is 30.0. The fourth-order valence-electron chi connectivity index (χ4n) is 6.72. The molecule has 15 heteroatoms. The van der Waals surface area contributed by atoms with Crippen molar-refractivity contribution in [3.8, 4) is 11.5 Å². The molecule has 0 amide bonds. The van der Waals surface area contributed by atoms with E-state index < -0.39 is 28.8 Å². The molecular weight excluding hydrogens is 676 g/mol. The quantitative estimate of drug-likeness (QED) is 0.0447. The summed E-state index contributed by atoms with van der Waals surface area (Å²) in [5.74, 6) is 0.682. The minimum Gasteiger partial charge on any atom is -0.493 e. The van der Waals surface area contributed by atoms with E-state index in [0.29, 0.717) is 42.0 Å². The Bertz CT molecular complexity index is 1660. The first kappa shape index (κ1) is 39.5. The number of ether oxygens (including phenoxy) is 5. The predicted octanol–water partition coefficient (Wildman–Crippen LogP) is 6.30. The van der Waals surface area contributed by atoms with Crippen molar-refractivity contribution < 1.29 is 52.1 Å². The highest BCUT2D eigenvalue weighted by Crippen LogP contribution is 2.30. The van der Waals surface area contributed by atoms with Crippen molar-refractivity contribution in [3.05, 3.63) is 104 Å². The molecule has 1 atom stereocenters. The second-order valence-corrected chi connectivity index (χ2v) is 13.4. The van der Waals surface area contributed by atoms with Crippen molar-refractivity contribution in [1.29, 1.82) is 0 Å². The van der Waals surface area contributed by atoms with E-state index in [-0.39, 0.29) is 24.4 Å². The summed E-state index contributed by atoms with van der Waals surface area (Å²) in [6, 6.07) is 18.6. The standard InChI is InChI=1S/C37H48N4O11/c1-40(25-29-9-14-32(15-10-29)38(44)45,26-31-13-18-34(48-2)35(24-31)49-3)22-23-50-37(43)52-28-51-36(42)8-7-21-41(19-5-4-6-20-41)27-30-11-16-33(17-12-30)39(46)47/h9-18,24H,4-8,19-23,25-28H2,1-3H3/q+2. The van der Waals surface area contributed by atoms with E-state index >= 15 is 0 Å². The molecule has 3 aromatic carbocycles. The molecule has 0 saturated carbocycles. The summed E-state index contributed by atoms with van der Waals surface area (Å²) in [7, 11) is 5.10. The Morgan fingerprint density at radius 2 is 1.33 bits per heavy atom. The SMILES string of the molecule is COc1ccc(C[N+](C)(CCOC(=O)OCOC(=O)CCC[N+]2(Cc3ccc([N+](=O)[O-])cc3)CCCCC2)Cc2ccc([N+](=O)[O-])cc2)cc1OC. The topological polar surface area (TPSA) is 167 Å². The average Bonchev–Trinajstić information content (AvgIpc) is 3.12. The molecule has 15 nitrogen and oxygen atoms in total. The molecule has 1 aliphatic rings. The second kappa shape index (κ2) is 18.8. The summed E-state index contributed by atoms with van der Waals surface area (Å²) in [6.07, 6.45) is 3.10. The molecule has 280 valence electrons. The van der Waals surface area contributed by atoms with Gasteiger partial charge in [-0.25, -0.2) is 4.79 Å². The summed E-state index contributed by atoms with van der Waals surface area (Å²) in [5, 5.41) is 22.2. The number of likely N-dealkylation sites (N-methyl/N-ethyl adjacent to an activating group) is 1. The number of nitro groups is 2. The van der Waals surface area contributed by atoms with Gasteiger partial charge in [-0.05, 0) is 61.7 Å². The van der Waals surface area contributed by atoms with Crippen molar-refractivity contribution >= 4 is 23.5 Å². The fraction of sp³-hybridized carbons (Fsp3) is 0.459. The van der Waals surface area contributed by atoms with Crippen LogP contribution in [0.4, 0.5) is 16.2 Å². The molecule has 52 heavy (non-hydrogen) atoms. The number of nitro benzene ring substituents is 2. The van der Waals surface area contributed by atoms with Crippen molar-refractivity contribution in [1.82, 2.24) is 0 Å². The van der Waals surface area contributed by atoms with Crippen LogP contribution in [-0.2, 0) is 38.6 Å². The number of nitrogens with zero attached hydrogens (tertiary/aromatic N) is 4. The van der Waals surface area contributed by atoms with Crippen LogP contribution in [0.5, 0.6) is 11.5 Å². The molecule has 0 spiro atoms. The van der Waals surface area contributed by atoms with Crippen LogP contribution in [0.1, 0.15) is 48.8 Å². The van der Waals surface area contributed by atoms with E-state index in [1.54, 1.807) is 38.5 Å². The molecule has 0 N–H and O–H groups in total. The monoisotopic (exact) mass is 724 g/mol. The maximum atomic E-state index is 12.5. The highest BCUT2D eigenvalue weighted by Gasteiger charge is 2.30. The van der Waals surface area contributed by atoms with Gasteiger partial charge in [0.15, 0.2) is 11.5 Å². The first-order chi connectivity index (χ1) is 24.9. The van der Waals surface area contributed by atoms with Crippen LogP contribution in [0.2, 0.25) is 0 Å². The number of hydrogen-bond donors (Lipinski definition) is 0. The summed E-state index contributed by atoms with van der Waals surface area (Å²) in [6.45, 7) is 4.25. The lowest BCUT2D eigenvalue weighted by atomic mass is 10.0. The number of likely N-dealkylation sites (tertiary alicyclic amines) is 1. The third kappa shape index (κ3) is 11.9. The normalized spacial score (nSPS) is 14.8. The van der Waals surface area contributed by atoms with Crippen LogP contribution < -0.4 is 9.47 Å². The first-order valence-electron chi connectivity index (χ1n) is 17.2. The van der Waals surface area contributed by atoms with Gasteiger partial charge in [0.25, 0.3) is 11.4 Å². The summed E-state index contributed by atoms with van der Waals surface area (Å²) >= 11 is 0. The minimum atomic E-state index is -0.971. The van der Waals surface area contributed by atoms with Crippen LogP contribution in [0.25, 0.3) is 0 Å². The van der Waals surface area contributed by atoms with Crippen LogP contribution >= 0.6 is 0 Å². The third-order valence-electron chi connectivity index (χ3n) is 9.41. The van der Waals surface area contributed by atoms with Gasteiger partial charge in [0.1, 0.15) is 32.8 Å². The fourth-order valence-corrected chi connectivity index (χ4v) is 6.72. The lowest BCUT2D eigenvalue weighted by Gasteiger charge is -2.41. The Balaban J connectivity index is 1.24. The van der Waals surface area contributed by atoms with Gasteiger partial charge < -0.3 is 32.7 Å². The highest BCUT2D eigenvalue weighted by molar-refractivity contribution is 5.69. The maximum absolute atomic E-state index is 12.5. The number of carbonyl (C=O) groups is 2. The molecule has 1 saturated heterocycles. The van der Waals surface area contributed by atoms with E-state index in [1.165, 1.54) is 24.3 Å². The highest BCUT2D eigenvalue weighted by atomic mass is 16.8. The van der Waals surface area contributed by atoms with E-state index in [0.717, 1.165) is 66.6 Å². The van der Waals surface area contributed by atoms with Gasteiger partial charge in [-0.3, -0.25) is 25.0 Å². The van der Waals surface area contributed by atoms with Gasteiger partial charge in [-0.1, -0.05) is 0 Å². The van der Waals surface area contributed by atoms with Gasteiger partial charge in [0, 0.05) is 47.4 Å². The zero-order chi connectivity index (χ0) is 37.6. The van der Waals surface area contributed by atoms with Crippen LogP contribution in [-0.4, -0.2) is 91.8 Å². The number of rotatable bonds is 19. The number of quaternary nitrogens is 2. The van der Waals surface area contributed by atoms with Crippen LogP contribution in [0.3, 0.4) is 0 Å². The average molecular weight is 725 g/mol. The number of methoxy groups -OCH3 is 2. The summed E-state index contributed by atoms with van der Waals surface area (Å²) in [5.41, 5.74) is 2.88. The molecule has 0 radical (unpaired) electrons. The van der Waals surface area contributed by atoms with Crippen LogP contribution in [0, 0.1) is 20.2 Å². The molecule has 0 aliphatic carbocycles. The number of piperidine rings is 1. The molecule has 0 aromatic heterocycles. The second-order valence-electron chi connectivity index (χ2n) is 13.4. The van der Waals surface area contributed by atoms with Crippen molar-refractivity contribution in [2.75, 3.05) is 60.8 Å². The third-order valence-corrected chi connectivity index (χ3v) is 9.41. The molecule has 1 fully saturated rings. The largest absolute Gasteiger partial charge is 0.511 e. The van der Waals surface area contributed by atoms with E-state index in [1.807, 2.05) is 25.2 Å². The molecule has 1 heterocycles. The molecule has 3 aromatic rings. The lowest BCUT2D eigenvalue weighted by Crippen LogP contribution is -2.51. The zero-order valence-corrected chi connectivity index (χ0v) is 30.0. The Labute approximate surface area is 303 Å². The van der Waals surface area contributed by atoms with E-state index in [4.69, 9.17) is 23.7 Å². The first-order valence-corrected chi connectivity index (χ1v) is 17.2. The summed E-state index contributed by atoms with van der Waals surface area (Å²) < 4.78 is 27.5. The van der Waals surface area contributed by atoms with Crippen molar-refractivity contribution in [2.24, 2.45) is 0 Å². The van der Waals surface area contributed by atoms with Crippen molar-refractivity contribution in [2.45, 2.75) is 51.7 Å². The summed E-state index contributed by atoms with van der Waals surface area (Å²) in [4.78, 5) is 46.2. The number of hydrogen-bond acceptors (Lipinski definition) is 11. The van der Waals surface area contributed by atoms with Gasteiger partial charge in [-0.15, -0.1) is 0 Å². The van der Waals surface area contributed by atoms with Gasteiger partial charge in [-0.2, -0.15) is 0 Å². The van der Waals surface area contributed by atoms with Gasteiger partial charge in [0.05, 0.1) is 57.2 Å². The lowest BCUT2D eigenvalue weighted by molar-refractivity contribution is -0.945. The number of esters is 1. The van der Waals surface area contributed by atoms with E-state index in [9.17, 15) is 29.8 Å². The predicted molar refractivity (Wildman–Crippen MR) is 189 cm³/mol. The molecular formula is C37H48N4O11+2. The Morgan fingerprint density at radius 3 is 1.92 bits per heavy atom. The number of carbonyl (C=O) groups excluding carboxylic acids is 2. The Kier molecular flexibility index (Phi) is 14.3. The van der Waals surface area contributed by atoms with E-state index in [2.05, 4.69) is 0 Å². The van der Waals surface area contributed by atoms with Crippen molar-refractivity contribution in [3.63, 3.8) is 0 Å². The minimum absolute atomic E-state index is 0.00168. The molecule has 0 bridgehead atoms. The Hall–Kier alpha value is -5.28. The Morgan fingerprint density at radius 1 is 0.750 bits per heavy atom. The smallest absolute Gasteiger partial charge is 0.493 e. The maximum Gasteiger partial charge on any atom is 0.511 e. The molecule has 4 rings (SSSR count). The molecule has 1 unspecified atom stereocenters. The molecule has 1 aliphatic heterocycles. The number of benzene rings is 3. The van der Waals surface area contributed by atoms with Gasteiger partial charge in [0.2, 0.25) is 6.79 Å². The number of non-ortho nitro benzene ring substituents is 2. The van der Waals surface area contributed by atoms with Gasteiger partial charge >= 0.3 is 12.1 Å². The van der Waals surface area contributed by atoms with Crippen LogP contribution in [0.15, 0.2) is 66.7 Å².